The minimum absolute atomic E-state index is 0.000498. The Morgan fingerprint density at radius 2 is 2.38 bits per heavy atom. The van der Waals surface area contributed by atoms with Crippen molar-refractivity contribution in [2.75, 3.05) is 5.75 Å². The van der Waals surface area contributed by atoms with E-state index in [2.05, 4.69) is 22.4 Å². The topological polar surface area (TPSA) is 80.9 Å². The van der Waals surface area contributed by atoms with Gasteiger partial charge in [0.25, 0.3) is 0 Å². The van der Waals surface area contributed by atoms with Gasteiger partial charge in [-0.25, -0.2) is 4.68 Å². The van der Waals surface area contributed by atoms with E-state index in [1.54, 1.807) is 4.68 Å². The highest BCUT2D eigenvalue weighted by molar-refractivity contribution is 7.99. The fourth-order valence-corrected chi connectivity index (χ4v) is 2.24. The number of carbonyl (C=O) groups is 1. The lowest BCUT2D eigenvalue weighted by atomic mass is 10.0. The monoisotopic (exact) mass is 242 g/mol. The van der Waals surface area contributed by atoms with E-state index >= 15 is 0 Å². The van der Waals surface area contributed by atoms with Gasteiger partial charge in [-0.15, -0.1) is 5.10 Å². The molecule has 0 spiro atoms. The standard InChI is InChI=1S/C9H14N4O2S/c1-2-9(3-4-9)6-13-8(10-11-12-13)16-5-7(14)15/h2-6H2,1H3,(H,14,15). The summed E-state index contributed by atoms with van der Waals surface area (Å²) in [5.74, 6) is -0.851. The zero-order valence-electron chi connectivity index (χ0n) is 9.09. The number of hydrogen-bond acceptors (Lipinski definition) is 5. The van der Waals surface area contributed by atoms with Crippen molar-refractivity contribution in [2.45, 2.75) is 37.9 Å². The van der Waals surface area contributed by atoms with E-state index in [1.807, 2.05) is 0 Å². The van der Waals surface area contributed by atoms with Crippen LogP contribution >= 0.6 is 11.8 Å². The molecule has 1 aromatic heterocycles. The predicted octanol–water partition coefficient (Wildman–Crippen LogP) is 1.04. The third kappa shape index (κ3) is 2.52. The zero-order chi connectivity index (χ0) is 11.6. The van der Waals surface area contributed by atoms with E-state index < -0.39 is 5.97 Å². The molecule has 16 heavy (non-hydrogen) atoms. The van der Waals surface area contributed by atoms with Crippen molar-refractivity contribution in [3.8, 4) is 0 Å². The van der Waals surface area contributed by atoms with Gasteiger partial charge in [-0.2, -0.15) is 0 Å². The molecule has 0 amide bonds. The average Bonchev–Trinajstić information content (AvgIpc) is 2.88. The lowest BCUT2D eigenvalue weighted by Gasteiger charge is -2.12. The molecule has 7 heteroatoms. The van der Waals surface area contributed by atoms with E-state index in [9.17, 15) is 4.79 Å². The Balaban J connectivity index is 1.99. The van der Waals surface area contributed by atoms with Crippen LogP contribution in [-0.2, 0) is 11.3 Å². The Morgan fingerprint density at radius 1 is 1.62 bits per heavy atom. The van der Waals surface area contributed by atoms with Gasteiger partial charge in [0, 0.05) is 0 Å². The number of nitrogens with zero attached hydrogens (tertiary/aromatic N) is 4. The van der Waals surface area contributed by atoms with Crippen molar-refractivity contribution in [1.29, 1.82) is 0 Å². The maximum atomic E-state index is 10.5. The molecular weight excluding hydrogens is 228 g/mol. The largest absolute Gasteiger partial charge is 0.481 e. The molecule has 1 aromatic rings. The number of rotatable bonds is 6. The fourth-order valence-electron chi connectivity index (χ4n) is 1.64. The van der Waals surface area contributed by atoms with Crippen molar-refractivity contribution in [3.05, 3.63) is 0 Å². The molecule has 1 aliphatic rings. The van der Waals surface area contributed by atoms with Crippen molar-refractivity contribution in [2.24, 2.45) is 5.41 Å². The Bertz CT molecular complexity index is 389. The molecule has 6 nitrogen and oxygen atoms in total. The van der Waals surface area contributed by atoms with E-state index in [4.69, 9.17) is 5.11 Å². The zero-order valence-corrected chi connectivity index (χ0v) is 9.90. The molecule has 88 valence electrons. The number of thioether (sulfide) groups is 1. The van der Waals surface area contributed by atoms with Crippen LogP contribution in [0.5, 0.6) is 0 Å². The van der Waals surface area contributed by atoms with Crippen LogP contribution in [0.3, 0.4) is 0 Å². The van der Waals surface area contributed by atoms with Crippen LogP contribution in [0.1, 0.15) is 26.2 Å². The smallest absolute Gasteiger partial charge is 0.313 e. The summed E-state index contributed by atoms with van der Waals surface area (Å²) in [4.78, 5) is 10.5. The van der Waals surface area contributed by atoms with Gasteiger partial charge < -0.3 is 5.11 Å². The predicted molar refractivity (Wildman–Crippen MR) is 58.1 cm³/mol. The lowest BCUT2D eigenvalue weighted by molar-refractivity contribution is -0.133. The van der Waals surface area contributed by atoms with E-state index in [1.165, 1.54) is 24.6 Å². The molecule has 0 aliphatic heterocycles. The number of aliphatic carboxylic acids is 1. The summed E-state index contributed by atoms with van der Waals surface area (Å²) < 4.78 is 1.73. The molecule has 0 aromatic carbocycles. The molecule has 1 saturated carbocycles. The molecule has 2 rings (SSSR count). The quantitative estimate of drug-likeness (QED) is 0.751. The first-order chi connectivity index (χ1) is 7.65. The van der Waals surface area contributed by atoms with Crippen LogP contribution in [-0.4, -0.2) is 37.0 Å². The highest BCUT2D eigenvalue weighted by atomic mass is 32.2. The molecule has 0 bridgehead atoms. The number of carboxylic acids is 1. The Labute approximate surface area is 97.4 Å². The van der Waals surface area contributed by atoms with Crippen LogP contribution in [0, 0.1) is 5.41 Å². The maximum absolute atomic E-state index is 10.5. The summed E-state index contributed by atoms with van der Waals surface area (Å²) >= 11 is 1.17. The number of hydrogen-bond donors (Lipinski definition) is 1. The highest BCUT2D eigenvalue weighted by Gasteiger charge is 2.41. The molecule has 1 aliphatic carbocycles. The van der Waals surface area contributed by atoms with Crippen LogP contribution in [0.15, 0.2) is 5.16 Å². The summed E-state index contributed by atoms with van der Waals surface area (Å²) in [6.07, 6.45) is 3.55. The summed E-state index contributed by atoms with van der Waals surface area (Å²) in [7, 11) is 0. The molecule has 1 heterocycles. The van der Waals surface area contributed by atoms with Gasteiger partial charge in [-0.3, -0.25) is 4.79 Å². The SMILES string of the molecule is CCC1(Cn2nnnc2SCC(=O)O)CC1. The van der Waals surface area contributed by atoms with Crippen LogP contribution in [0.4, 0.5) is 0 Å². The molecule has 0 saturated heterocycles. The average molecular weight is 242 g/mol. The second-order valence-corrected chi connectivity index (χ2v) is 5.10. The molecule has 0 unspecified atom stereocenters. The van der Waals surface area contributed by atoms with Crippen molar-refractivity contribution < 1.29 is 9.90 Å². The summed E-state index contributed by atoms with van der Waals surface area (Å²) in [5, 5.41) is 20.5. The van der Waals surface area contributed by atoms with Crippen LogP contribution in [0.2, 0.25) is 0 Å². The third-order valence-corrected chi connectivity index (χ3v) is 3.96. The van der Waals surface area contributed by atoms with Crippen LogP contribution < -0.4 is 0 Å². The van der Waals surface area contributed by atoms with Crippen molar-refractivity contribution >= 4 is 17.7 Å². The van der Waals surface area contributed by atoms with E-state index in [0.717, 1.165) is 13.0 Å². The summed E-state index contributed by atoms with van der Waals surface area (Å²) in [6, 6.07) is 0. The minimum atomic E-state index is -0.851. The Morgan fingerprint density at radius 3 is 2.94 bits per heavy atom. The van der Waals surface area contributed by atoms with Crippen LogP contribution in [0.25, 0.3) is 0 Å². The van der Waals surface area contributed by atoms with Gasteiger partial charge in [-0.05, 0) is 35.1 Å². The first-order valence-electron chi connectivity index (χ1n) is 5.26. The van der Waals surface area contributed by atoms with Gasteiger partial charge in [0.1, 0.15) is 0 Å². The Kier molecular flexibility index (Phi) is 3.13. The molecule has 0 radical (unpaired) electrons. The van der Waals surface area contributed by atoms with Crippen molar-refractivity contribution in [3.63, 3.8) is 0 Å². The normalized spacial score (nSPS) is 17.3. The minimum Gasteiger partial charge on any atom is -0.481 e. The third-order valence-electron chi connectivity index (χ3n) is 3.02. The van der Waals surface area contributed by atoms with Gasteiger partial charge in [0.05, 0.1) is 12.3 Å². The highest BCUT2D eigenvalue weighted by Crippen LogP contribution is 2.50. The van der Waals surface area contributed by atoms with Gasteiger partial charge in [0.2, 0.25) is 5.16 Å². The van der Waals surface area contributed by atoms with E-state index in [-0.39, 0.29) is 5.75 Å². The second-order valence-electron chi connectivity index (χ2n) is 4.16. The fraction of sp³-hybridized carbons (Fsp3) is 0.778. The molecular formula is C9H14N4O2S. The molecule has 0 atom stereocenters. The van der Waals surface area contributed by atoms with Gasteiger partial charge in [-0.1, -0.05) is 18.7 Å². The molecule has 1 fully saturated rings. The first kappa shape index (κ1) is 11.4. The maximum Gasteiger partial charge on any atom is 0.313 e. The second kappa shape index (κ2) is 4.40. The summed E-state index contributed by atoms with van der Waals surface area (Å²) in [5.41, 5.74) is 0.355. The Hall–Kier alpha value is -1.11. The summed E-state index contributed by atoms with van der Waals surface area (Å²) in [6.45, 7) is 2.97. The number of aromatic nitrogens is 4. The molecule has 1 N–H and O–H groups in total. The van der Waals surface area contributed by atoms with Gasteiger partial charge in [0.15, 0.2) is 0 Å². The van der Waals surface area contributed by atoms with Crippen molar-refractivity contribution in [1.82, 2.24) is 20.2 Å². The lowest BCUT2D eigenvalue weighted by Crippen LogP contribution is -2.13. The first-order valence-corrected chi connectivity index (χ1v) is 6.24. The van der Waals surface area contributed by atoms with Gasteiger partial charge >= 0.3 is 5.97 Å². The van der Waals surface area contributed by atoms with E-state index in [0.29, 0.717) is 10.6 Å². The number of carboxylic acid groups (broad SMARTS) is 1. The number of tetrazole rings is 1.